The summed E-state index contributed by atoms with van der Waals surface area (Å²) in [5, 5.41) is 1.68. The molecule has 14 heteroatoms. The first-order valence-corrected chi connectivity index (χ1v) is 20.6. The summed E-state index contributed by atoms with van der Waals surface area (Å²) in [6, 6.07) is 24.4. The summed E-state index contributed by atoms with van der Waals surface area (Å²) in [7, 11) is 0. The Balaban J connectivity index is 0.829. The van der Waals surface area contributed by atoms with Crippen LogP contribution in [0.5, 0.6) is 5.75 Å². The smallest absolute Gasteiger partial charge is 0.410 e. The number of nitrogens with zero attached hydrogens (tertiary/aromatic N) is 4. The number of carbonyl (C=O) groups excluding carboxylic acids is 4. The lowest BCUT2D eigenvalue weighted by Crippen LogP contribution is -2.36. The van der Waals surface area contributed by atoms with E-state index in [0.717, 1.165) is 75.1 Å². The average molecular weight is 823 g/mol. The maximum atomic E-state index is 13.3. The number of benzene rings is 4. The summed E-state index contributed by atoms with van der Waals surface area (Å²) in [4.78, 5) is 70.9. The Morgan fingerprint density at radius 1 is 0.787 bits per heavy atom. The first-order chi connectivity index (χ1) is 29.5. The number of nitrogens with one attached hydrogen (secondary N) is 2. The molecule has 6 aromatic rings. The highest BCUT2D eigenvalue weighted by molar-refractivity contribution is 6.04. The largest absolute Gasteiger partial charge is 0.488 e. The minimum atomic E-state index is -0.722. The number of amides is 2. The molecule has 3 aliphatic heterocycles. The molecule has 9 rings (SSSR count). The van der Waals surface area contributed by atoms with Crippen LogP contribution in [-0.4, -0.2) is 79.0 Å². The normalized spacial score (nSPS) is 17.1. The Morgan fingerprint density at radius 2 is 1.51 bits per heavy atom. The molecule has 0 spiro atoms. The monoisotopic (exact) mass is 822 g/mol. The Labute approximate surface area is 352 Å². The SMILES string of the molecule is CC(C)(C)OC(=O)N1CCC[C@H]1c1ncc(-c2ccc3c(c2)COc2c-3ccc3cc(C(=O)COC(=O)c4cnc([C@@H]5CCCN5C(=O)OCc5ccccc5)[nH]4)ccc23)[nH]1. The number of aromatic nitrogens is 4. The first kappa shape index (κ1) is 39.5. The van der Waals surface area contributed by atoms with E-state index in [1.54, 1.807) is 28.1 Å². The van der Waals surface area contributed by atoms with Crippen LogP contribution < -0.4 is 4.74 Å². The lowest BCUT2D eigenvalue weighted by Gasteiger charge is -2.27. The molecule has 61 heavy (non-hydrogen) atoms. The molecule has 3 aliphatic rings. The fourth-order valence-electron chi connectivity index (χ4n) is 8.35. The van der Waals surface area contributed by atoms with E-state index in [1.807, 2.05) is 69.3 Å². The van der Waals surface area contributed by atoms with Crippen LogP contribution in [0.2, 0.25) is 0 Å². The number of esters is 1. The highest BCUT2D eigenvalue weighted by Gasteiger charge is 2.36. The molecule has 4 aromatic carbocycles. The van der Waals surface area contributed by atoms with Gasteiger partial charge in [-0.15, -0.1) is 0 Å². The lowest BCUT2D eigenvalue weighted by atomic mass is 9.92. The number of hydrogen-bond donors (Lipinski definition) is 2. The molecule has 2 atom stereocenters. The highest BCUT2D eigenvalue weighted by atomic mass is 16.6. The van der Waals surface area contributed by atoms with Crippen LogP contribution in [0.25, 0.3) is 33.2 Å². The minimum Gasteiger partial charge on any atom is -0.488 e. The molecule has 2 fully saturated rings. The van der Waals surface area contributed by atoms with Crippen LogP contribution in [0.3, 0.4) is 0 Å². The molecule has 0 unspecified atom stereocenters. The predicted molar refractivity (Wildman–Crippen MR) is 225 cm³/mol. The van der Waals surface area contributed by atoms with Crippen LogP contribution in [0.1, 0.15) is 102 Å². The van der Waals surface area contributed by atoms with Crippen LogP contribution in [0.4, 0.5) is 9.59 Å². The Morgan fingerprint density at radius 3 is 2.28 bits per heavy atom. The van der Waals surface area contributed by atoms with Gasteiger partial charge in [-0.2, -0.15) is 0 Å². The standard InChI is InChI=1S/C47H46N6O8/c1-47(2,3)61-46(57)53-20-8-12-39(53)42-48-23-36(50-42)30-14-16-33-32(22-30)26-58-41-34-17-15-31(21-29(34)13-18-35(33)41)40(54)27-59-44(55)37-24-49-43(51-37)38-11-7-19-52(38)45(56)60-25-28-9-5-4-6-10-28/h4-6,9-10,13-18,21-24,38-39H,7-8,11-12,19-20,25-27H2,1-3H3,(H,48,50)(H,49,51)/t38-,39-/m0/s1. The summed E-state index contributed by atoms with van der Waals surface area (Å²) < 4.78 is 23.0. The number of Topliss-reactive ketones (excluding diaryl/α,β-unsaturated/α-hetero) is 1. The second-order valence-electron chi connectivity index (χ2n) is 16.6. The zero-order valence-electron chi connectivity index (χ0n) is 34.2. The number of likely N-dealkylation sites (tertiary alicyclic amines) is 2. The van der Waals surface area contributed by atoms with Gasteiger partial charge in [0.25, 0.3) is 0 Å². The maximum Gasteiger partial charge on any atom is 0.410 e. The molecule has 0 radical (unpaired) electrons. The number of imidazole rings is 2. The highest BCUT2D eigenvalue weighted by Crippen LogP contribution is 2.44. The van der Waals surface area contributed by atoms with Gasteiger partial charge in [0, 0.05) is 29.6 Å². The molecule has 2 aromatic heterocycles. The van der Waals surface area contributed by atoms with Crippen molar-refractivity contribution in [2.45, 2.75) is 77.4 Å². The number of rotatable bonds is 9. The van der Waals surface area contributed by atoms with Gasteiger partial charge in [0.2, 0.25) is 0 Å². The number of H-pyrrole nitrogens is 2. The predicted octanol–water partition coefficient (Wildman–Crippen LogP) is 9.10. The van der Waals surface area contributed by atoms with E-state index in [-0.39, 0.29) is 36.3 Å². The van der Waals surface area contributed by atoms with E-state index >= 15 is 0 Å². The van der Waals surface area contributed by atoms with Gasteiger partial charge < -0.3 is 28.9 Å². The number of fused-ring (bicyclic) bond motifs is 5. The van der Waals surface area contributed by atoms with Crippen LogP contribution >= 0.6 is 0 Å². The quantitative estimate of drug-likeness (QED) is 0.0815. The fraction of sp³-hybridized carbons (Fsp3) is 0.319. The van der Waals surface area contributed by atoms with Crippen LogP contribution in [0, 0.1) is 0 Å². The van der Waals surface area contributed by atoms with Gasteiger partial charge in [0.1, 0.15) is 41.9 Å². The van der Waals surface area contributed by atoms with Gasteiger partial charge in [-0.3, -0.25) is 14.6 Å². The number of aromatic amines is 2. The zero-order valence-corrected chi connectivity index (χ0v) is 34.2. The molecule has 0 saturated carbocycles. The minimum absolute atomic E-state index is 0.0898. The Bertz CT molecular complexity index is 2650. The van der Waals surface area contributed by atoms with E-state index in [4.69, 9.17) is 18.9 Å². The van der Waals surface area contributed by atoms with Crippen molar-refractivity contribution < 1.29 is 38.1 Å². The van der Waals surface area contributed by atoms with Crippen molar-refractivity contribution in [1.29, 1.82) is 0 Å². The van der Waals surface area contributed by atoms with Gasteiger partial charge in [0.05, 0.1) is 30.2 Å². The third kappa shape index (κ3) is 8.17. The number of carbonyl (C=O) groups is 4. The second kappa shape index (κ2) is 16.2. The second-order valence-corrected chi connectivity index (χ2v) is 16.6. The van der Waals surface area contributed by atoms with Crippen molar-refractivity contribution in [1.82, 2.24) is 29.7 Å². The molecular weight excluding hydrogens is 777 g/mol. The van der Waals surface area contributed by atoms with Crippen LogP contribution in [0.15, 0.2) is 91.3 Å². The molecule has 0 bridgehead atoms. The third-order valence-electron chi connectivity index (χ3n) is 11.3. The third-order valence-corrected chi connectivity index (χ3v) is 11.3. The van der Waals surface area contributed by atoms with Crippen LogP contribution in [-0.2, 0) is 27.4 Å². The molecule has 14 nitrogen and oxygen atoms in total. The van der Waals surface area contributed by atoms with Crippen molar-refractivity contribution in [2.24, 2.45) is 0 Å². The molecule has 2 saturated heterocycles. The van der Waals surface area contributed by atoms with E-state index in [9.17, 15) is 19.2 Å². The summed E-state index contributed by atoms with van der Waals surface area (Å²) in [6.07, 6.45) is 5.51. The van der Waals surface area contributed by atoms with Gasteiger partial charge in [0.15, 0.2) is 12.4 Å². The summed E-state index contributed by atoms with van der Waals surface area (Å²) in [6.45, 7) is 6.79. The Hall–Kier alpha value is -6.96. The van der Waals surface area contributed by atoms with Crippen molar-refractivity contribution >= 4 is 34.7 Å². The van der Waals surface area contributed by atoms with Crippen molar-refractivity contribution in [3.05, 3.63) is 125 Å². The molecule has 2 N–H and O–H groups in total. The molecular formula is C47H46N6O8. The Kier molecular flexibility index (Phi) is 10.5. The molecule has 312 valence electrons. The first-order valence-electron chi connectivity index (χ1n) is 20.6. The molecule has 5 heterocycles. The van der Waals surface area contributed by atoms with E-state index in [1.165, 1.54) is 6.20 Å². The summed E-state index contributed by atoms with van der Waals surface area (Å²) in [5.74, 6) is 0.841. The van der Waals surface area contributed by atoms with Gasteiger partial charge in [-0.25, -0.2) is 24.4 Å². The van der Waals surface area contributed by atoms with E-state index in [0.29, 0.717) is 37.5 Å². The number of hydrogen-bond acceptors (Lipinski definition) is 10. The van der Waals surface area contributed by atoms with Gasteiger partial charge >= 0.3 is 18.2 Å². The van der Waals surface area contributed by atoms with Gasteiger partial charge in [-0.05, 0) is 92.3 Å². The van der Waals surface area contributed by atoms with E-state index < -0.39 is 24.3 Å². The van der Waals surface area contributed by atoms with Gasteiger partial charge in [-0.1, -0.05) is 60.7 Å². The van der Waals surface area contributed by atoms with Crippen molar-refractivity contribution in [3.8, 4) is 28.1 Å². The zero-order chi connectivity index (χ0) is 42.3. The summed E-state index contributed by atoms with van der Waals surface area (Å²) in [5.41, 5.74) is 5.63. The number of ketones is 1. The number of ether oxygens (including phenoxy) is 4. The summed E-state index contributed by atoms with van der Waals surface area (Å²) >= 11 is 0. The fourth-order valence-corrected chi connectivity index (χ4v) is 8.35. The van der Waals surface area contributed by atoms with Crippen molar-refractivity contribution in [2.75, 3.05) is 19.7 Å². The lowest BCUT2D eigenvalue weighted by molar-refractivity contribution is 0.0218. The maximum absolute atomic E-state index is 13.3. The van der Waals surface area contributed by atoms with Crippen molar-refractivity contribution in [3.63, 3.8) is 0 Å². The molecule has 0 aliphatic carbocycles. The molecule has 2 amide bonds. The topological polar surface area (TPSA) is 169 Å². The average Bonchev–Trinajstić information content (AvgIpc) is 4.11. The van der Waals surface area contributed by atoms with E-state index in [2.05, 4.69) is 38.1 Å².